The Bertz CT molecular complexity index is 765. The standard InChI is InChI=1S/C17H16BrClN2O3/c1-11-7-14(19)4-6-15(11)24-10-17(22)21-20-9-12-8-13(18)3-5-16(12)23-2/h3-9H,10H2,1-2H3,(H,21,22)/b20-9+. The third-order valence-electron chi connectivity index (χ3n) is 3.08. The molecule has 0 bridgehead atoms. The van der Waals surface area contributed by atoms with Gasteiger partial charge in [-0.05, 0) is 48.9 Å². The first kappa shape index (κ1) is 18.3. The molecule has 24 heavy (non-hydrogen) atoms. The van der Waals surface area contributed by atoms with Crippen LogP contribution in [0, 0.1) is 6.92 Å². The molecule has 2 aromatic carbocycles. The van der Waals surface area contributed by atoms with E-state index in [0.29, 0.717) is 16.5 Å². The third kappa shape index (κ3) is 5.25. The van der Waals surface area contributed by atoms with Gasteiger partial charge in [0.1, 0.15) is 11.5 Å². The summed E-state index contributed by atoms with van der Waals surface area (Å²) in [6, 6.07) is 10.7. The number of nitrogens with one attached hydrogen (secondary N) is 1. The maximum Gasteiger partial charge on any atom is 0.277 e. The number of hydrazone groups is 1. The molecule has 2 rings (SSSR count). The smallest absolute Gasteiger partial charge is 0.277 e. The largest absolute Gasteiger partial charge is 0.496 e. The molecule has 0 aromatic heterocycles. The predicted octanol–water partition coefficient (Wildman–Crippen LogP) is 3.95. The maximum absolute atomic E-state index is 11.8. The summed E-state index contributed by atoms with van der Waals surface area (Å²) >= 11 is 9.25. The van der Waals surface area contributed by atoms with Gasteiger partial charge in [-0.2, -0.15) is 5.10 Å². The molecule has 1 amide bonds. The lowest BCUT2D eigenvalue weighted by Gasteiger charge is -2.08. The van der Waals surface area contributed by atoms with Crippen LogP contribution >= 0.6 is 27.5 Å². The number of rotatable bonds is 6. The second kappa shape index (κ2) is 8.70. The first-order chi connectivity index (χ1) is 11.5. The van der Waals surface area contributed by atoms with Gasteiger partial charge < -0.3 is 9.47 Å². The van der Waals surface area contributed by atoms with Gasteiger partial charge in [0.05, 0.1) is 13.3 Å². The highest BCUT2D eigenvalue weighted by Gasteiger charge is 2.05. The second-order valence-corrected chi connectivity index (χ2v) is 6.23. The van der Waals surface area contributed by atoms with Gasteiger partial charge in [-0.1, -0.05) is 27.5 Å². The summed E-state index contributed by atoms with van der Waals surface area (Å²) in [7, 11) is 1.57. The molecular formula is C17H16BrClN2O3. The van der Waals surface area contributed by atoms with Crippen LogP contribution in [-0.2, 0) is 4.79 Å². The molecule has 0 aliphatic carbocycles. The normalized spacial score (nSPS) is 10.7. The van der Waals surface area contributed by atoms with Crippen molar-refractivity contribution in [3.05, 3.63) is 57.0 Å². The number of nitrogens with zero attached hydrogens (tertiary/aromatic N) is 1. The number of aryl methyl sites for hydroxylation is 1. The number of amides is 1. The number of methoxy groups -OCH3 is 1. The molecule has 0 spiro atoms. The molecule has 0 heterocycles. The van der Waals surface area contributed by atoms with E-state index in [0.717, 1.165) is 15.6 Å². The summed E-state index contributed by atoms with van der Waals surface area (Å²) in [5, 5.41) is 4.54. The number of hydrogen-bond acceptors (Lipinski definition) is 4. The van der Waals surface area contributed by atoms with E-state index in [1.165, 1.54) is 6.21 Å². The molecular weight excluding hydrogens is 396 g/mol. The summed E-state index contributed by atoms with van der Waals surface area (Å²) in [5.41, 5.74) is 4.01. The SMILES string of the molecule is COc1ccc(Br)cc1/C=N/NC(=O)COc1ccc(Cl)cc1C. The highest BCUT2D eigenvalue weighted by atomic mass is 79.9. The van der Waals surface area contributed by atoms with E-state index in [4.69, 9.17) is 21.1 Å². The summed E-state index contributed by atoms with van der Waals surface area (Å²) in [6.45, 7) is 1.71. The lowest BCUT2D eigenvalue weighted by Crippen LogP contribution is -2.24. The molecule has 0 unspecified atom stereocenters. The van der Waals surface area contributed by atoms with Crippen LogP contribution in [0.15, 0.2) is 46.0 Å². The Morgan fingerprint density at radius 2 is 2.04 bits per heavy atom. The van der Waals surface area contributed by atoms with Gasteiger partial charge in [-0.25, -0.2) is 5.43 Å². The molecule has 0 radical (unpaired) electrons. The lowest BCUT2D eigenvalue weighted by molar-refractivity contribution is -0.123. The summed E-state index contributed by atoms with van der Waals surface area (Å²) < 4.78 is 11.6. The van der Waals surface area contributed by atoms with Crippen molar-refractivity contribution in [2.45, 2.75) is 6.92 Å². The molecule has 0 fully saturated rings. The molecule has 5 nitrogen and oxygen atoms in total. The van der Waals surface area contributed by atoms with Crippen LogP contribution in [0.4, 0.5) is 0 Å². The van der Waals surface area contributed by atoms with Crippen LogP contribution in [0.5, 0.6) is 11.5 Å². The molecule has 0 atom stereocenters. The molecule has 0 aliphatic heterocycles. The number of ether oxygens (including phenoxy) is 2. The van der Waals surface area contributed by atoms with E-state index < -0.39 is 0 Å². The zero-order chi connectivity index (χ0) is 17.5. The number of carbonyl (C=O) groups excluding carboxylic acids is 1. The first-order valence-corrected chi connectivity index (χ1v) is 8.21. The van der Waals surface area contributed by atoms with Gasteiger partial charge >= 0.3 is 0 Å². The van der Waals surface area contributed by atoms with Crippen molar-refractivity contribution >= 4 is 39.7 Å². The Labute approximate surface area is 153 Å². The fourth-order valence-electron chi connectivity index (χ4n) is 1.93. The monoisotopic (exact) mass is 410 g/mol. The minimum Gasteiger partial charge on any atom is -0.496 e. The zero-order valence-corrected chi connectivity index (χ0v) is 15.5. The summed E-state index contributed by atoms with van der Waals surface area (Å²) in [4.78, 5) is 11.8. The van der Waals surface area contributed by atoms with Crippen molar-refractivity contribution < 1.29 is 14.3 Å². The molecule has 2 aromatic rings. The molecule has 0 saturated heterocycles. The number of benzene rings is 2. The van der Waals surface area contributed by atoms with Crippen LogP contribution in [0.2, 0.25) is 5.02 Å². The quantitative estimate of drug-likeness (QED) is 0.578. The Balaban J connectivity index is 1.90. The topological polar surface area (TPSA) is 59.9 Å². The number of halogens is 2. The molecule has 0 saturated carbocycles. The van der Waals surface area contributed by atoms with Crippen molar-refractivity contribution in [1.82, 2.24) is 5.43 Å². The van der Waals surface area contributed by atoms with Gasteiger partial charge in [-0.3, -0.25) is 4.79 Å². The van der Waals surface area contributed by atoms with E-state index in [-0.39, 0.29) is 12.5 Å². The van der Waals surface area contributed by atoms with E-state index in [2.05, 4.69) is 26.5 Å². The highest BCUT2D eigenvalue weighted by molar-refractivity contribution is 9.10. The minimum absolute atomic E-state index is 0.143. The predicted molar refractivity (Wildman–Crippen MR) is 98.1 cm³/mol. The van der Waals surface area contributed by atoms with Crippen molar-refractivity contribution in [3.63, 3.8) is 0 Å². The second-order valence-electron chi connectivity index (χ2n) is 4.88. The minimum atomic E-state index is -0.366. The van der Waals surface area contributed by atoms with Gasteiger partial charge in [0.25, 0.3) is 5.91 Å². The molecule has 126 valence electrons. The van der Waals surface area contributed by atoms with Crippen LogP contribution in [0.1, 0.15) is 11.1 Å². The number of hydrogen-bond donors (Lipinski definition) is 1. The van der Waals surface area contributed by atoms with Crippen molar-refractivity contribution in [2.24, 2.45) is 5.10 Å². The fraction of sp³-hybridized carbons (Fsp3) is 0.176. The van der Waals surface area contributed by atoms with Gasteiger partial charge in [0, 0.05) is 15.1 Å². The maximum atomic E-state index is 11.8. The number of carbonyl (C=O) groups is 1. The van der Waals surface area contributed by atoms with E-state index in [1.807, 2.05) is 19.1 Å². The van der Waals surface area contributed by atoms with E-state index in [1.54, 1.807) is 31.4 Å². The average Bonchev–Trinajstić information content (AvgIpc) is 2.54. The Morgan fingerprint density at radius 1 is 1.29 bits per heavy atom. The summed E-state index contributed by atoms with van der Waals surface area (Å²) in [6.07, 6.45) is 1.51. The Morgan fingerprint density at radius 3 is 2.75 bits per heavy atom. The van der Waals surface area contributed by atoms with Crippen LogP contribution in [0.25, 0.3) is 0 Å². The third-order valence-corrected chi connectivity index (χ3v) is 3.81. The zero-order valence-electron chi connectivity index (χ0n) is 13.2. The summed E-state index contributed by atoms with van der Waals surface area (Å²) in [5.74, 6) is 0.894. The van der Waals surface area contributed by atoms with Crippen LogP contribution in [0.3, 0.4) is 0 Å². The lowest BCUT2D eigenvalue weighted by atomic mass is 10.2. The van der Waals surface area contributed by atoms with Crippen molar-refractivity contribution in [1.29, 1.82) is 0 Å². The molecule has 0 aliphatic rings. The fourth-order valence-corrected chi connectivity index (χ4v) is 2.54. The Hall–Kier alpha value is -2.05. The van der Waals surface area contributed by atoms with Crippen LogP contribution in [-0.4, -0.2) is 25.8 Å². The van der Waals surface area contributed by atoms with E-state index in [9.17, 15) is 4.79 Å². The van der Waals surface area contributed by atoms with Gasteiger partial charge in [0.2, 0.25) is 0 Å². The first-order valence-electron chi connectivity index (χ1n) is 7.04. The van der Waals surface area contributed by atoms with Crippen molar-refractivity contribution in [2.75, 3.05) is 13.7 Å². The molecule has 1 N–H and O–H groups in total. The van der Waals surface area contributed by atoms with Gasteiger partial charge in [-0.15, -0.1) is 0 Å². The highest BCUT2D eigenvalue weighted by Crippen LogP contribution is 2.22. The van der Waals surface area contributed by atoms with Crippen molar-refractivity contribution in [3.8, 4) is 11.5 Å². The van der Waals surface area contributed by atoms with Gasteiger partial charge in [0.15, 0.2) is 6.61 Å². The van der Waals surface area contributed by atoms with E-state index >= 15 is 0 Å². The molecule has 7 heteroatoms. The van der Waals surface area contributed by atoms with Crippen LogP contribution < -0.4 is 14.9 Å². The average molecular weight is 412 g/mol. The Kier molecular flexibility index (Phi) is 6.63.